The maximum atomic E-state index is 15.1. The van der Waals surface area contributed by atoms with E-state index in [0.717, 1.165) is 31.6 Å². The Balaban J connectivity index is 1.22. The zero-order chi connectivity index (χ0) is 30.2. The van der Waals surface area contributed by atoms with Crippen molar-refractivity contribution in [3.05, 3.63) is 83.8 Å². The maximum Gasteiger partial charge on any atom is 0.244 e. The van der Waals surface area contributed by atoms with E-state index >= 15 is 4.39 Å². The van der Waals surface area contributed by atoms with Gasteiger partial charge in [0, 0.05) is 24.2 Å². The van der Waals surface area contributed by atoms with Crippen molar-refractivity contribution in [3.63, 3.8) is 0 Å². The second-order valence-electron chi connectivity index (χ2n) is 10.4. The number of ether oxygens (including phenoxy) is 3. The first-order chi connectivity index (χ1) is 20.9. The third-order valence-electron chi connectivity index (χ3n) is 7.28. The zero-order valence-corrected chi connectivity index (χ0v) is 24.3. The molecule has 1 aliphatic rings. The number of halogens is 1. The molecule has 0 unspecified atom stereocenters. The number of nitrogens with zero attached hydrogens (tertiary/aromatic N) is 3. The lowest BCUT2D eigenvalue weighted by Gasteiger charge is -2.16. The predicted molar refractivity (Wildman–Crippen MR) is 163 cm³/mol. The van der Waals surface area contributed by atoms with Crippen molar-refractivity contribution in [2.75, 3.05) is 33.4 Å². The highest BCUT2D eigenvalue weighted by atomic mass is 19.1. The van der Waals surface area contributed by atoms with Crippen molar-refractivity contribution in [3.8, 4) is 28.7 Å². The number of methoxy groups -OCH3 is 1. The number of amides is 1. The summed E-state index contributed by atoms with van der Waals surface area (Å²) in [6.45, 7) is 5.62. The SMILES string of the molecule is COc1cc2c(Oc3ccc(CC(=O)N/N=C(/C)c4ccc(O)cc4)cc3F)ccnc2cc1OCCCN1CCCC1. The molecular weight excluding hydrogens is 551 g/mol. The fourth-order valence-electron chi connectivity index (χ4n) is 4.96. The van der Waals surface area contributed by atoms with Crippen LogP contribution in [0.4, 0.5) is 4.39 Å². The number of aromatic nitrogens is 1. The number of hydrazone groups is 1. The van der Waals surface area contributed by atoms with Gasteiger partial charge in [-0.05, 0) is 98.9 Å². The lowest BCUT2D eigenvalue weighted by molar-refractivity contribution is -0.120. The molecule has 4 aromatic rings. The van der Waals surface area contributed by atoms with Gasteiger partial charge in [0.15, 0.2) is 23.1 Å². The van der Waals surface area contributed by atoms with Gasteiger partial charge >= 0.3 is 0 Å². The van der Waals surface area contributed by atoms with Crippen LogP contribution in [0.25, 0.3) is 10.9 Å². The van der Waals surface area contributed by atoms with Crippen molar-refractivity contribution in [2.24, 2.45) is 5.10 Å². The number of hydrogen-bond acceptors (Lipinski definition) is 8. The first kappa shape index (κ1) is 29.8. The van der Waals surface area contributed by atoms with Crippen molar-refractivity contribution in [2.45, 2.75) is 32.6 Å². The summed E-state index contributed by atoms with van der Waals surface area (Å²) in [5.41, 5.74) is 4.90. The van der Waals surface area contributed by atoms with Crippen molar-refractivity contribution in [1.82, 2.24) is 15.3 Å². The van der Waals surface area contributed by atoms with Crippen LogP contribution in [0.15, 0.2) is 72.0 Å². The van der Waals surface area contributed by atoms with Gasteiger partial charge in [0.05, 0.1) is 31.4 Å². The molecule has 5 rings (SSSR count). The highest BCUT2D eigenvalue weighted by molar-refractivity contribution is 5.99. The van der Waals surface area contributed by atoms with Crippen LogP contribution < -0.4 is 19.6 Å². The van der Waals surface area contributed by atoms with E-state index in [1.54, 1.807) is 56.6 Å². The van der Waals surface area contributed by atoms with E-state index in [1.807, 2.05) is 0 Å². The average molecular weight is 587 g/mol. The molecule has 1 aromatic heterocycles. The third-order valence-corrected chi connectivity index (χ3v) is 7.28. The van der Waals surface area contributed by atoms with E-state index < -0.39 is 11.7 Å². The molecule has 3 aromatic carbocycles. The Labute approximate surface area is 249 Å². The number of aromatic hydroxyl groups is 1. The molecule has 10 heteroatoms. The standard InChI is InChI=1S/C33H35FN4O5/c1-22(24-7-9-25(39)10-8-24)36-37-33(40)19-23-6-11-30(27(34)18-23)43-29-12-13-35-28-21-32(31(41-2)20-26(28)29)42-17-5-16-38-14-3-4-15-38/h6-13,18,20-21,39H,3-5,14-17,19H2,1-2H3,(H,37,40)/b36-22-. The molecule has 0 atom stereocenters. The van der Waals surface area contributed by atoms with Gasteiger partial charge in [0.25, 0.3) is 0 Å². The largest absolute Gasteiger partial charge is 0.508 e. The van der Waals surface area contributed by atoms with E-state index in [2.05, 4.69) is 20.4 Å². The molecule has 1 aliphatic heterocycles. The number of phenols is 1. The number of carbonyl (C=O) groups is 1. The number of hydrogen-bond donors (Lipinski definition) is 2. The number of carbonyl (C=O) groups excluding carboxylic acids is 1. The minimum atomic E-state index is -0.607. The van der Waals surface area contributed by atoms with Crippen LogP contribution in [0.1, 0.15) is 37.3 Å². The summed E-state index contributed by atoms with van der Waals surface area (Å²) in [4.78, 5) is 19.3. The first-order valence-corrected chi connectivity index (χ1v) is 14.3. The Kier molecular flexibility index (Phi) is 9.68. The van der Waals surface area contributed by atoms with Gasteiger partial charge in [-0.3, -0.25) is 9.78 Å². The van der Waals surface area contributed by atoms with Gasteiger partial charge in [-0.25, -0.2) is 9.82 Å². The van der Waals surface area contributed by atoms with Gasteiger partial charge in [-0.15, -0.1) is 0 Å². The van der Waals surface area contributed by atoms with Gasteiger partial charge in [0.2, 0.25) is 5.91 Å². The Morgan fingerprint density at radius 3 is 2.56 bits per heavy atom. The van der Waals surface area contributed by atoms with E-state index in [-0.39, 0.29) is 17.9 Å². The average Bonchev–Trinajstić information content (AvgIpc) is 3.53. The molecule has 0 spiro atoms. The minimum Gasteiger partial charge on any atom is -0.508 e. The van der Waals surface area contributed by atoms with E-state index in [1.165, 1.54) is 37.1 Å². The van der Waals surface area contributed by atoms with Crippen molar-refractivity contribution >= 4 is 22.5 Å². The van der Waals surface area contributed by atoms with Gasteiger partial charge in [-0.2, -0.15) is 5.10 Å². The predicted octanol–water partition coefficient (Wildman–Crippen LogP) is 5.83. The first-order valence-electron chi connectivity index (χ1n) is 14.3. The molecule has 2 N–H and O–H groups in total. The molecule has 0 saturated carbocycles. The third kappa shape index (κ3) is 7.78. The number of pyridine rings is 1. The normalized spacial score (nSPS) is 13.7. The lowest BCUT2D eigenvalue weighted by atomic mass is 10.1. The summed E-state index contributed by atoms with van der Waals surface area (Å²) in [7, 11) is 1.57. The van der Waals surface area contributed by atoms with Crippen LogP contribution >= 0.6 is 0 Å². The molecule has 43 heavy (non-hydrogen) atoms. The highest BCUT2D eigenvalue weighted by Crippen LogP contribution is 2.37. The Bertz CT molecular complexity index is 1600. The fraction of sp³-hybridized carbons (Fsp3) is 0.303. The molecule has 9 nitrogen and oxygen atoms in total. The number of benzene rings is 3. The molecule has 0 aliphatic carbocycles. The lowest BCUT2D eigenvalue weighted by Crippen LogP contribution is -2.21. The van der Waals surface area contributed by atoms with Crippen LogP contribution in [0, 0.1) is 5.82 Å². The summed E-state index contributed by atoms with van der Waals surface area (Å²) in [6, 6.07) is 16.1. The maximum absolute atomic E-state index is 15.1. The highest BCUT2D eigenvalue weighted by Gasteiger charge is 2.15. The molecule has 2 heterocycles. The van der Waals surface area contributed by atoms with Crippen molar-refractivity contribution < 1.29 is 28.5 Å². The van der Waals surface area contributed by atoms with E-state index in [0.29, 0.717) is 46.0 Å². The van der Waals surface area contributed by atoms with Crippen LogP contribution in [0.5, 0.6) is 28.7 Å². The summed E-state index contributed by atoms with van der Waals surface area (Å²) in [5.74, 6) is 0.696. The van der Waals surface area contributed by atoms with Crippen LogP contribution in [-0.2, 0) is 11.2 Å². The van der Waals surface area contributed by atoms with Crippen LogP contribution in [0.2, 0.25) is 0 Å². The number of likely N-dealkylation sites (tertiary alicyclic amines) is 1. The number of nitrogens with one attached hydrogen (secondary N) is 1. The van der Waals surface area contributed by atoms with Gasteiger partial charge < -0.3 is 24.2 Å². The molecule has 0 radical (unpaired) electrons. The fourth-order valence-corrected chi connectivity index (χ4v) is 4.96. The minimum absolute atomic E-state index is 0.0130. The molecule has 224 valence electrons. The second-order valence-corrected chi connectivity index (χ2v) is 10.4. The summed E-state index contributed by atoms with van der Waals surface area (Å²) < 4.78 is 32.6. The van der Waals surface area contributed by atoms with E-state index in [4.69, 9.17) is 14.2 Å². The summed E-state index contributed by atoms with van der Waals surface area (Å²) >= 11 is 0. The number of rotatable bonds is 12. The molecular formula is C33H35FN4O5. The summed E-state index contributed by atoms with van der Waals surface area (Å²) in [5, 5.41) is 14.2. The Morgan fingerprint density at radius 1 is 1.02 bits per heavy atom. The topological polar surface area (TPSA) is 106 Å². The van der Waals surface area contributed by atoms with Crippen LogP contribution in [-0.4, -0.2) is 60.0 Å². The number of phenolic OH excluding ortho intramolecular Hbond substituents is 1. The van der Waals surface area contributed by atoms with Crippen LogP contribution in [0.3, 0.4) is 0 Å². The van der Waals surface area contributed by atoms with Crippen molar-refractivity contribution in [1.29, 1.82) is 0 Å². The van der Waals surface area contributed by atoms with Gasteiger partial charge in [0.1, 0.15) is 11.5 Å². The Hall–Kier alpha value is -4.70. The smallest absolute Gasteiger partial charge is 0.244 e. The second kappa shape index (κ2) is 14.0. The molecule has 0 bridgehead atoms. The monoisotopic (exact) mass is 586 g/mol. The molecule has 1 amide bonds. The van der Waals surface area contributed by atoms with E-state index in [9.17, 15) is 9.90 Å². The Morgan fingerprint density at radius 2 is 1.81 bits per heavy atom. The van der Waals surface area contributed by atoms with Gasteiger partial charge in [-0.1, -0.05) is 6.07 Å². The molecule has 1 fully saturated rings. The number of fused-ring (bicyclic) bond motifs is 1. The molecule has 1 saturated heterocycles. The summed E-state index contributed by atoms with van der Waals surface area (Å²) in [6.07, 6.45) is 4.97. The zero-order valence-electron chi connectivity index (χ0n) is 24.3. The quantitative estimate of drug-likeness (QED) is 0.122.